The van der Waals surface area contributed by atoms with Crippen molar-refractivity contribution in [3.8, 4) is 11.9 Å². The standard InChI is InChI=1S/C24H24N4O7/c1-16-20(14-25)22(29)28(15-19-4-3-9-34-19)23(30)21(16)27-26-18-7-5-17(6-8-18)24(31)35-13-12-33-11-10-32-2/h3-9,29H,10-13,15H2,1-2H3. The number of aromatic nitrogens is 1. The summed E-state index contributed by atoms with van der Waals surface area (Å²) in [6.07, 6.45) is 1.44. The molecule has 35 heavy (non-hydrogen) atoms. The lowest BCUT2D eigenvalue weighted by molar-refractivity contribution is 0.0214. The SMILES string of the molecule is COCCOCCOC(=O)c1ccc(N=Nc2c(C)c(C#N)c(O)n(Cc3ccco3)c2=O)cc1. The van der Waals surface area contributed by atoms with Gasteiger partial charge in [-0.05, 0) is 43.3 Å². The lowest BCUT2D eigenvalue weighted by Gasteiger charge is -2.11. The number of aromatic hydroxyl groups is 1. The Balaban J connectivity index is 1.74. The van der Waals surface area contributed by atoms with Crippen LogP contribution < -0.4 is 5.56 Å². The first-order valence-electron chi connectivity index (χ1n) is 10.6. The quantitative estimate of drug-likeness (QED) is 0.248. The summed E-state index contributed by atoms with van der Waals surface area (Å²) in [4.78, 5) is 25.1. The Hall–Kier alpha value is -4.27. The molecule has 2 aromatic heterocycles. The smallest absolute Gasteiger partial charge is 0.338 e. The van der Waals surface area contributed by atoms with Crippen LogP contribution in [0.25, 0.3) is 0 Å². The zero-order valence-electron chi connectivity index (χ0n) is 19.3. The highest BCUT2D eigenvalue weighted by atomic mass is 16.6. The van der Waals surface area contributed by atoms with Crippen molar-refractivity contribution in [1.82, 2.24) is 4.57 Å². The summed E-state index contributed by atoms with van der Waals surface area (Å²) >= 11 is 0. The first-order valence-corrected chi connectivity index (χ1v) is 10.6. The van der Waals surface area contributed by atoms with Gasteiger partial charge in [0, 0.05) is 12.7 Å². The second kappa shape index (κ2) is 12.3. The molecule has 0 radical (unpaired) electrons. The molecule has 0 aliphatic heterocycles. The zero-order chi connectivity index (χ0) is 25.2. The van der Waals surface area contributed by atoms with Crippen LogP contribution in [-0.2, 0) is 20.8 Å². The van der Waals surface area contributed by atoms with E-state index < -0.39 is 17.4 Å². The molecule has 1 aromatic carbocycles. The molecule has 0 saturated carbocycles. The number of carbonyl (C=O) groups is 1. The summed E-state index contributed by atoms with van der Waals surface area (Å²) in [7, 11) is 1.57. The lowest BCUT2D eigenvalue weighted by atomic mass is 10.1. The molecular formula is C24H24N4O7. The van der Waals surface area contributed by atoms with Gasteiger partial charge >= 0.3 is 5.97 Å². The average molecular weight is 480 g/mol. The van der Waals surface area contributed by atoms with E-state index in [-0.39, 0.29) is 36.6 Å². The molecule has 0 aliphatic rings. The van der Waals surface area contributed by atoms with Crippen LogP contribution in [0.2, 0.25) is 0 Å². The Morgan fingerprint density at radius 3 is 2.54 bits per heavy atom. The van der Waals surface area contributed by atoms with Crippen LogP contribution >= 0.6 is 0 Å². The number of benzene rings is 1. The fourth-order valence-electron chi connectivity index (χ4n) is 3.06. The largest absolute Gasteiger partial charge is 0.493 e. The van der Waals surface area contributed by atoms with Gasteiger partial charge in [0.1, 0.15) is 24.0 Å². The van der Waals surface area contributed by atoms with E-state index in [1.807, 2.05) is 6.07 Å². The lowest BCUT2D eigenvalue weighted by Crippen LogP contribution is -2.22. The molecule has 0 unspecified atom stereocenters. The Morgan fingerprint density at radius 1 is 1.14 bits per heavy atom. The maximum Gasteiger partial charge on any atom is 0.338 e. The van der Waals surface area contributed by atoms with Gasteiger partial charge in [-0.25, -0.2) is 4.79 Å². The summed E-state index contributed by atoms with van der Waals surface area (Å²) in [5.41, 5.74) is 0.0633. The van der Waals surface area contributed by atoms with Crippen LogP contribution in [0.3, 0.4) is 0 Å². The topological polar surface area (TPSA) is 149 Å². The van der Waals surface area contributed by atoms with E-state index in [0.717, 1.165) is 4.57 Å². The third kappa shape index (κ3) is 6.41. The molecule has 11 nitrogen and oxygen atoms in total. The minimum Gasteiger partial charge on any atom is -0.493 e. The fraction of sp³-hybridized carbons (Fsp3) is 0.292. The van der Waals surface area contributed by atoms with Gasteiger partial charge in [-0.1, -0.05) is 0 Å². The van der Waals surface area contributed by atoms with Gasteiger partial charge in [-0.3, -0.25) is 9.36 Å². The van der Waals surface area contributed by atoms with Gasteiger partial charge < -0.3 is 23.7 Å². The van der Waals surface area contributed by atoms with Crippen molar-refractivity contribution in [2.75, 3.05) is 33.5 Å². The third-order valence-corrected chi connectivity index (χ3v) is 4.92. The van der Waals surface area contributed by atoms with E-state index in [0.29, 0.717) is 30.2 Å². The third-order valence-electron chi connectivity index (χ3n) is 4.92. The second-order valence-corrected chi connectivity index (χ2v) is 7.24. The maximum absolute atomic E-state index is 13.0. The van der Waals surface area contributed by atoms with Crippen LogP contribution in [-0.4, -0.2) is 49.2 Å². The molecule has 0 amide bonds. The second-order valence-electron chi connectivity index (χ2n) is 7.24. The number of ether oxygens (including phenoxy) is 3. The molecule has 0 aliphatic carbocycles. The number of methoxy groups -OCH3 is 1. The van der Waals surface area contributed by atoms with Crippen LogP contribution in [0.4, 0.5) is 11.4 Å². The molecule has 11 heteroatoms. The number of nitrogens with zero attached hydrogens (tertiary/aromatic N) is 4. The zero-order valence-corrected chi connectivity index (χ0v) is 19.3. The van der Waals surface area contributed by atoms with Gasteiger partial charge in [0.25, 0.3) is 5.56 Å². The number of carbonyl (C=O) groups excluding carboxylic acids is 1. The number of nitriles is 1. The Bertz CT molecular complexity index is 1270. The summed E-state index contributed by atoms with van der Waals surface area (Å²) in [6.45, 7) is 2.67. The van der Waals surface area contributed by atoms with Crippen molar-refractivity contribution >= 4 is 17.3 Å². The van der Waals surface area contributed by atoms with Crippen molar-refractivity contribution in [2.24, 2.45) is 10.2 Å². The van der Waals surface area contributed by atoms with E-state index in [9.17, 15) is 20.0 Å². The minimum atomic E-state index is -0.632. The average Bonchev–Trinajstić information content (AvgIpc) is 3.38. The van der Waals surface area contributed by atoms with Crippen LogP contribution in [0.1, 0.15) is 27.2 Å². The van der Waals surface area contributed by atoms with Gasteiger partial charge in [0.2, 0.25) is 5.88 Å². The fourth-order valence-corrected chi connectivity index (χ4v) is 3.06. The maximum atomic E-state index is 13.0. The molecule has 0 bridgehead atoms. The molecule has 3 aromatic rings. The summed E-state index contributed by atoms with van der Waals surface area (Å²) < 4.78 is 21.5. The minimum absolute atomic E-state index is 0.0800. The summed E-state index contributed by atoms with van der Waals surface area (Å²) in [6, 6.07) is 11.3. The van der Waals surface area contributed by atoms with Crippen molar-refractivity contribution in [2.45, 2.75) is 13.5 Å². The number of rotatable bonds is 11. The Kier molecular flexibility index (Phi) is 8.89. The number of hydrogen-bond acceptors (Lipinski definition) is 10. The summed E-state index contributed by atoms with van der Waals surface area (Å²) in [5.74, 6) is -0.572. The molecule has 0 spiro atoms. The molecule has 2 heterocycles. The van der Waals surface area contributed by atoms with Crippen molar-refractivity contribution in [3.63, 3.8) is 0 Å². The van der Waals surface area contributed by atoms with Gasteiger partial charge in [0.05, 0.1) is 43.9 Å². The summed E-state index contributed by atoms with van der Waals surface area (Å²) in [5, 5.41) is 28.0. The van der Waals surface area contributed by atoms with Gasteiger partial charge in [-0.15, -0.1) is 5.11 Å². The molecule has 0 atom stereocenters. The highest BCUT2D eigenvalue weighted by Crippen LogP contribution is 2.27. The molecule has 0 saturated heterocycles. The number of furan rings is 1. The monoisotopic (exact) mass is 480 g/mol. The predicted octanol–water partition coefficient (Wildman–Crippen LogP) is 3.61. The number of azo groups is 1. The molecule has 0 fully saturated rings. The van der Waals surface area contributed by atoms with E-state index in [2.05, 4.69) is 10.2 Å². The first-order chi connectivity index (χ1) is 17.0. The van der Waals surface area contributed by atoms with Crippen LogP contribution in [0.5, 0.6) is 5.88 Å². The number of esters is 1. The van der Waals surface area contributed by atoms with E-state index in [4.69, 9.17) is 18.6 Å². The normalized spacial score (nSPS) is 11.0. The van der Waals surface area contributed by atoms with Crippen LogP contribution in [0.15, 0.2) is 62.1 Å². The van der Waals surface area contributed by atoms with E-state index >= 15 is 0 Å². The van der Waals surface area contributed by atoms with Gasteiger partial charge in [-0.2, -0.15) is 10.4 Å². The highest BCUT2D eigenvalue weighted by molar-refractivity contribution is 5.89. The van der Waals surface area contributed by atoms with Crippen molar-refractivity contribution in [1.29, 1.82) is 5.26 Å². The van der Waals surface area contributed by atoms with Crippen LogP contribution in [0, 0.1) is 18.3 Å². The predicted molar refractivity (Wildman–Crippen MR) is 123 cm³/mol. The van der Waals surface area contributed by atoms with Crippen molar-refractivity contribution in [3.05, 3.63) is 75.5 Å². The number of hydrogen-bond donors (Lipinski definition) is 1. The van der Waals surface area contributed by atoms with E-state index in [1.165, 1.54) is 37.5 Å². The highest BCUT2D eigenvalue weighted by Gasteiger charge is 2.20. The Morgan fingerprint density at radius 2 is 1.89 bits per heavy atom. The van der Waals surface area contributed by atoms with Crippen molar-refractivity contribution < 1.29 is 28.5 Å². The van der Waals surface area contributed by atoms with Gasteiger partial charge in [0.15, 0.2) is 5.69 Å². The Labute approximate surface area is 200 Å². The molecule has 1 N–H and O–H groups in total. The molecule has 182 valence electrons. The first kappa shape index (κ1) is 25.4. The molecular weight excluding hydrogens is 456 g/mol. The van der Waals surface area contributed by atoms with E-state index in [1.54, 1.807) is 19.2 Å². The number of pyridine rings is 1. The molecule has 3 rings (SSSR count).